The lowest BCUT2D eigenvalue weighted by molar-refractivity contribution is 0.0792. The zero-order valence-electron chi connectivity index (χ0n) is 11.6. The Morgan fingerprint density at radius 2 is 1.68 bits per heavy atom. The molecular formula is C13H22ClN3O2. The summed E-state index contributed by atoms with van der Waals surface area (Å²) < 4.78 is 10.8. The molecule has 0 atom stereocenters. The number of rotatable bonds is 10. The summed E-state index contributed by atoms with van der Waals surface area (Å²) >= 11 is 5.73. The molecule has 0 saturated heterocycles. The number of hydrogen-bond donors (Lipinski definition) is 0. The molecule has 0 aliphatic carbocycles. The highest BCUT2D eigenvalue weighted by atomic mass is 35.5. The Kier molecular flexibility index (Phi) is 8.66. The SMILES string of the molecule is CCOCCN(CCOCC)Cc1cnc(Cl)cn1. The summed E-state index contributed by atoms with van der Waals surface area (Å²) in [5.74, 6) is 0. The van der Waals surface area contributed by atoms with Crippen molar-refractivity contribution < 1.29 is 9.47 Å². The van der Waals surface area contributed by atoms with Crippen molar-refractivity contribution in [2.24, 2.45) is 0 Å². The molecule has 0 amide bonds. The fourth-order valence-electron chi connectivity index (χ4n) is 1.60. The van der Waals surface area contributed by atoms with E-state index >= 15 is 0 Å². The third-order valence-corrected chi connectivity index (χ3v) is 2.77. The van der Waals surface area contributed by atoms with Crippen LogP contribution in [0.15, 0.2) is 12.4 Å². The van der Waals surface area contributed by atoms with Crippen LogP contribution >= 0.6 is 11.6 Å². The van der Waals surface area contributed by atoms with Gasteiger partial charge in [-0.2, -0.15) is 0 Å². The number of aromatic nitrogens is 2. The van der Waals surface area contributed by atoms with Gasteiger partial charge in [0.05, 0.1) is 31.3 Å². The highest BCUT2D eigenvalue weighted by Crippen LogP contribution is 2.04. The van der Waals surface area contributed by atoms with E-state index in [4.69, 9.17) is 21.1 Å². The molecule has 1 rings (SSSR count). The van der Waals surface area contributed by atoms with E-state index in [2.05, 4.69) is 14.9 Å². The zero-order valence-corrected chi connectivity index (χ0v) is 12.4. The van der Waals surface area contributed by atoms with Crippen molar-refractivity contribution in [3.05, 3.63) is 23.2 Å². The molecule has 108 valence electrons. The van der Waals surface area contributed by atoms with Gasteiger partial charge in [-0.1, -0.05) is 11.6 Å². The molecule has 0 radical (unpaired) electrons. The van der Waals surface area contributed by atoms with Gasteiger partial charge in [0.15, 0.2) is 0 Å². The number of ether oxygens (including phenoxy) is 2. The smallest absolute Gasteiger partial charge is 0.147 e. The van der Waals surface area contributed by atoms with Gasteiger partial charge in [0.25, 0.3) is 0 Å². The van der Waals surface area contributed by atoms with E-state index in [1.165, 1.54) is 0 Å². The highest BCUT2D eigenvalue weighted by Gasteiger charge is 2.07. The standard InChI is InChI=1S/C13H22ClN3O2/c1-3-18-7-5-17(6-8-19-4-2)11-12-9-16-13(14)10-15-12/h9-10H,3-8,11H2,1-2H3. The maximum Gasteiger partial charge on any atom is 0.147 e. The summed E-state index contributed by atoms with van der Waals surface area (Å²) in [6.07, 6.45) is 3.27. The maximum atomic E-state index is 5.73. The van der Waals surface area contributed by atoms with Crippen LogP contribution in [0.4, 0.5) is 0 Å². The fourth-order valence-corrected chi connectivity index (χ4v) is 1.69. The third-order valence-electron chi connectivity index (χ3n) is 2.57. The summed E-state index contributed by atoms with van der Waals surface area (Å²) in [6.45, 7) is 9.32. The molecule has 5 nitrogen and oxygen atoms in total. The van der Waals surface area contributed by atoms with Crippen LogP contribution in [0.5, 0.6) is 0 Å². The second-order valence-corrected chi connectivity index (χ2v) is 4.39. The minimum Gasteiger partial charge on any atom is -0.380 e. The lowest BCUT2D eigenvalue weighted by Gasteiger charge is -2.21. The van der Waals surface area contributed by atoms with Crippen LogP contribution in [0.1, 0.15) is 19.5 Å². The predicted octanol–water partition coefficient (Wildman–Crippen LogP) is 2.00. The van der Waals surface area contributed by atoms with Crippen molar-refractivity contribution in [2.45, 2.75) is 20.4 Å². The molecule has 6 heteroatoms. The molecule has 1 heterocycles. The van der Waals surface area contributed by atoms with Crippen molar-refractivity contribution in [2.75, 3.05) is 39.5 Å². The Morgan fingerprint density at radius 3 is 2.16 bits per heavy atom. The van der Waals surface area contributed by atoms with E-state index in [0.29, 0.717) is 18.4 Å². The first-order chi connectivity index (χ1) is 9.26. The molecule has 0 unspecified atom stereocenters. The van der Waals surface area contributed by atoms with E-state index in [-0.39, 0.29) is 0 Å². The number of nitrogens with zero attached hydrogens (tertiary/aromatic N) is 3. The zero-order chi connectivity index (χ0) is 13.9. The minimum absolute atomic E-state index is 0.416. The first-order valence-corrected chi connectivity index (χ1v) is 6.98. The van der Waals surface area contributed by atoms with Gasteiger partial charge in [-0.25, -0.2) is 4.98 Å². The second kappa shape index (κ2) is 10.1. The molecule has 1 aromatic rings. The van der Waals surface area contributed by atoms with Crippen molar-refractivity contribution in [3.63, 3.8) is 0 Å². The molecule has 0 N–H and O–H groups in total. The van der Waals surface area contributed by atoms with Crippen molar-refractivity contribution >= 4 is 11.6 Å². The van der Waals surface area contributed by atoms with Crippen LogP contribution in [-0.2, 0) is 16.0 Å². The van der Waals surface area contributed by atoms with E-state index < -0.39 is 0 Å². The summed E-state index contributed by atoms with van der Waals surface area (Å²) in [5, 5.41) is 0.416. The monoisotopic (exact) mass is 287 g/mol. The minimum atomic E-state index is 0.416. The Labute approximate surface area is 119 Å². The number of hydrogen-bond acceptors (Lipinski definition) is 5. The molecule has 0 spiro atoms. The molecule has 0 bridgehead atoms. The molecule has 1 aromatic heterocycles. The Hall–Kier alpha value is -0.750. The van der Waals surface area contributed by atoms with Gasteiger partial charge in [-0.05, 0) is 13.8 Å². The molecule has 0 aliphatic rings. The van der Waals surface area contributed by atoms with E-state index in [1.54, 1.807) is 12.4 Å². The van der Waals surface area contributed by atoms with E-state index in [0.717, 1.165) is 38.5 Å². The van der Waals surface area contributed by atoms with Crippen LogP contribution in [0.2, 0.25) is 5.15 Å². The van der Waals surface area contributed by atoms with Crippen LogP contribution < -0.4 is 0 Å². The van der Waals surface area contributed by atoms with Crippen molar-refractivity contribution in [1.29, 1.82) is 0 Å². The van der Waals surface area contributed by atoms with Gasteiger partial charge in [-0.3, -0.25) is 9.88 Å². The van der Waals surface area contributed by atoms with Crippen LogP contribution in [0.25, 0.3) is 0 Å². The third kappa shape index (κ3) is 7.42. The first kappa shape index (κ1) is 16.3. The average molecular weight is 288 g/mol. The van der Waals surface area contributed by atoms with Crippen LogP contribution in [0.3, 0.4) is 0 Å². The number of halogens is 1. The van der Waals surface area contributed by atoms with E-state index in [9.17, 15) is 0 Å². The van der Waals surface area contributed by atoms with Crippen molar-refractivity contribution in [3.8, 4) is 0 Å². The molecule has 0 aromatic carbocycles. The lowest BCUT2D eigenvalue weighted by Crippen LogP contribution is -2.31. The molecule has 19 heavy (non-hydrogen) atoms. The summed E-state index contributed by atoms with van der Waals surface area (Å²) in [6, 6.07) is 0. The summed E-state index contributed by atoms with van der Waals surface area (Å²) in [7, 11) is 0. The Balaban J connectivity index is 2.44. The van der Waals surface area contributed by atoms with E-state index in [1.807, 2.05) is 13.8 Å². The van der Waals surface area contributed by atoms with Gasteiger partial charge < -0.3 is 9.47 Å². The largest absolute Gasteiger partial charge is 0.380 e. The molecule has 0 saturated carbocycles. The highest BCUT2D eigenvalue weighted by molar-refractivity contribution is 6.29. The van der Waals surface area contributed by atoms with Gasteiger partial charge in [0, 0.05) is 32.8 Å². The molecular weight excluding hydrogens is 266 g/mol. The summed E-state index contributed by atoms with van der Waals surface area (Å²) in [5.41, 5.74) is 0.900. The van der Waals surface area contributed by atoms with Gasteiger partial charge >= 0.3 is 0 Å². The Bertz CT molecular complexity index is 325. The normalized spacial score (nSPS) is 11.2. The molecule has 0 fully saturated rings. The van der Waals surface area contributed by atoms with Gasteiger partial charge in [0.2, 0.25) is 0 Å². The first-order valence-electron chi connectivity index (χ1n) is 6.60. The maximum absolute atomic E-state index is 5.73. The van der Waals surface area contributed by atoms with Crippen LogP contribution in [-0.4, -0.2) is 54.4 Å². The Morgan fingerprint density at radius 1 is 1.05 bits per heavy atom. The fraction of sp³-hybridized carbons (Fsp3) is 0.692. The lowest BCUT2D eigenvalue weighted by atomic mass is 10.4. The molecule has 0 aliphatic heterocycles. The van der Waals surface area contributed by atoms with Gasteiger partial charge in [0.1, 0.15) is 5.15 Å². The van der Waals surface area contributed by atoms with Gasteiger partial charge in [-0.15, -0.1) is 0 Å². The average Bonchev–Trinajstić information content (AvgIpc) is 2.41. The topological polar surface area (TPSA) is 47.5 Å². The van der Waals surface area contributed by atoms with Crippen molar-refractivity contribution in [1.82, 2.24) is 14.9 Å². The predicted molar refractivity (Wildman–Crippen MR) is 75.3 cm³/mol. The van der Waals surface area contributed by atoms with Crippen LogP contribution in [0, 0.1) is 0 Å². The second-order valence-electron chi connectivity index (χ2n) is 4.00. The summed E-state index contributed by atoms with van der Waals surface area (Å²) in [4.78, 5) is 10.5. The quantitative estimate of drug-likeness (QED) is 0.616.